The summed E-state index contributed by atoms with van der Waals surface area (Å²) in [5.41, 5.74) is 5.40. The molecule has 21 heavy (non-hydrogen) atoms. The molecule has 8 heteroatoms. The second kappa shape index (κ2) is 7.05. The molecule has 1 aliphatic heterocycles. The van der Waals surface area contributed by atoms with Gasteiger partial charge >= 0.3 is 6.01 Å². The number of nitrogens with two attached hydrogens (primary N) is 1. The maximum Gasteiger partial charge on any atom is 0.322 e. The summed E-state index contributed by atoms with van der Waals surface area (Å²) >= 11 is 0. The lowest BCUT2D eigenvalue weighted by atomic mass is 9.98. The maximum absolute atomic E-state index is 11.4. The molecule has 0 spiro atoms. The molecule has 1 aromatic heterocycles. The Morgan fingerprint density at radius 3 is 2.95 bits per heavy atom. The highest BCUT2D eigenvalue weighted by Gasteiger charge is 2.26. The van der Waals surface area contributed by atoms with Crippen LogP contribution in [0.4, 0.5) is 11.9 Å². The number of nitrogens with zero attached hydrogens (tertiary/aromatic N) is 4. The van der Waals surface area contributed by atoms with E-state index in [0.29, 0.717) is 18.4 Å². The van der Waals surface area contributed by atoms with Gasteiger partial charge in [-0.2, -0.15) is 15.0 Å². The minimum absolute atomic E-state index is 0.159. The van der Waals surface area contributed by atoms with Gasteiger partial charge in [-0.05, 0) is 19.3 Å². The number of ether oxygens (including phenoxy) is 1. The molecule has 1 atom stereocenters. The molecule has 1 aromatic rings. The standard InChI is InChI=1S/C13H22N6O2/c1-3-6-15-11-16-12(18-13(17-11)21-2)19-7-4-5-9(8-19)10(14)20/h9H,3-8H2,1-2H3,(H2,14,20)(H,15,16,17,18). The fourth-order valence-corrected chi connectivity index (χ4v) is 2.29. The third kappa shape index (κ3) is 3.93. The third-order valence-corrected chi connectivity index (χ3v) is 3.43. The third-order valence-electron chi connectivity index (χ3n) is 3.43. The molecule has 116 valence electrons. The zero-order valence-corrected chi connectivity index (χ0v) is 12.5. The minimum Gasteiger partial charge on any atom is -0.467 e. The van der Waals surface area contributed by atoms with Crippen molar-refractivity contribution < 1.29 is 9.53 Å². The van der Waals surface area contributed by atoms with Gasteiger partial charge in [0, 0.05) is 19.6 Å². The first kappa shape index (κ1) is 15.3. The lowest BCUT2D eigenvalue weighted by molar-refractivity contribution is -0.122. The van der Waals surface area contributed by atoms with E-state index in [9.17, 15) is 4.79 Å². The van der Waals surface area contributed by atoms with E-state index in [1.165, 1.54) is 7.11 Å². The summed E-state index contributed by atoms with van der Waals surface area (Å²) in [6.07, 6.45) is 2.67. The van der Waals surface area contributed by atoms with Crippen LogP contribution in [0.5, 0.6) is 6.01 Å². The van der Waals surface area contributed by atoms with E-state index in [-0.39, 0.29) is 17.8 Å². The van der Waals surface area contributed by atoms with Gasteiger partial charge in [-0.3, -0.25) is 4.79 Å². The quantitative estimate of drug-likeness (QED) is 0.782. The molecular formula is C13H22N6O2. The van der Waals surface area contributed by atoms with Crippen LogP contribution >= 0.6 is 0 Å². The van der Waals surface area contributed by atoms with Crippen molar-refractivity contribution in [1.82, 2.24) is 15.0 Å². The average molecular weight is 294 g/mol. The summed E-state index contributed by atoms with van der Waals surface area (Å²) in [7, 11) is 1.52. The number of hydrogen-bond donors (Lipinski definition) is 2. The Balaban J connectivity index is 2.18. The summed E-state index contributed by atoms with van der Waals surface area (Å²) in [5, 5.41) is 3.12. The van der Waals surface area contributed by atoms with Crippen molar-refractivity contribution in [3.05, 3.63) is 0 Å². The predicted molar refractivity (Wildman–Crippen MR) is 79.3 cm³/mol. The molecule has 3 N–H and O–H groups in total. The van der Waals surface area contributed by atoms with Crippen LogP contribution in [-0.4, -0.2) is 47.6 Å². The lowest BCUT2D eigenvalue weighted by Gasteiger charge is -2.31. The normalized spacial score (nSPS) is 18.4. The van der Waals surface area contributed by atoms with E-state index in [1.807, 2.05) is 4.90 Å². The molecule has 0 aromatic carbocycles. The topological polar surface area (TPSA) is 106 Å². The number of nitrogens with one attached hydrogen (secondary N) is 1. The molecule has 1 amide bonds. The summed E-state index contributed by atoms with van der Waals surface area (Å²) in [6, 6.07) is 0.264. The molecule has 8 nitrogen and oxygen atoms in total. The first-order valence-corrected chi connectivity index (χ1v) is 7.22. The van der Waals surface area contributed by atoms with Gasteiger partial charge in [-0.15, -0.1) is 0 Å². The van der Waals surface area contributed by atoms with Gasteiger partial charge in [0.2, 0.25) is 17.8 Å². The van der Waals surface area contributed by atoms with E-state index in [2.05, 4.69) is 27.2 Å². The van der Waals surface area contributed by atoms with Crippen molar-refractivity contribution in [1.29, 1.82) is 0 Å². The molecule has 1 aliphatic rings. The molecule has 1 fully saturated rings. The van der Waals surface area contributed by atoms with Gasteiger partial charge in [-0.25, -0.2) is 0 Å². The van der Waals surface area contributed by atoms with Crippen molar-refractivity contribution >= 4 is 17.8 Å². The van der Waals surface area contributed by atoms with Crippen LogP contribution in [0, 0.1) is 5.92 Å². The number of piperidine rings is 1. The highest BCUT2D eigenvalue weighted by molar-refractivity contribution is 5.77. The van der Waals surface area contributed by atoms with Crippen molar-refractivity contribution in [3.63, 3.8) is 0 Å². The summed E-state index contributed by atoms with van der Waals surface area (Å²) < 4.78 is 5.12. The molecule has 0 radical (unpaired) electrons. The molecule has 1 saturated heterocycles. The Hall–Kier alpha value is -2.12. The minimum atomic E-state index is -0.273. The number of aromatic nitrogens is 3. The van der Waals surface area contributed by atoms with E-state index in [1.54, 1.807) is 0 Å². The van der Waals surface area contributed by atoms with E-state index >= 15 is 0 Å². The number of methoxy groups -OCH3 is 1. The van der Waals surface area contributed by atoms with Gasteiger partial charge in [0.25, 0.3) is 0 Å². The number of primary amides is 1. The Morgan fingerprint density at radius 2 is 2.29 bits per heavy atom. The number of carbonyl (C=O) groups excluding carboxylic acids is 1. The first-order chi connectivity index (χ1) is 10.1. The molecule has 2 rings (SSSR count). The monoisotopic (exact) mass is 294 g/mol. The zero-order chi connectivity index (χ0) is 15.2. The highest BCUT2D eigenvalue weighted by Crippen LogP contribution is 2.22. The van der Waals surface area contributed by atoms with Crippen LogP contribution in [0.1, 0.15) is 26.2 Å². The van der Waals surface area contributed by atoms with E-state index in [4.69, 9.17) is 10.5 Å². The number of hydrogen-bond acceptors (Lipinski definition) is 7. The molecule has 1 unspecified atom stereocenters. The number of amides is 1. The SMILES string of the molecule is CCCNc1nc(OC)nc(N2CCCC(C(N)=O)C2)n1. The van der Waals surface area contributed by atoms with Crippen LogP contribution in [0.2, 0.25) is 0 Å². The fourth-order valence-electron chi connectivity index (χ4n) is 2.29. The summed E-state index contributed by atoms with van der Waals surface area (Å²) in [6.45, 7) is 4.17. The van der Waals surface area contributed by atoms with Gasteiger partial charge in [0.05, 0.1) is 13.0 Å². The average Bonchev–Trinajstić information content (AvgIpc) is 2.52. The second-order valence-corrected chi connectivity index (χ2v) is 5.06. The van der Waals surface area contributed by atoms with Crippen LogP contribution in [-0.2, 0) is 4.79 Å². The van der Waals surface area contributed by atoms with Crippen molar-refractivity contribution in [2.24, 2.45) is 11.7 Å². The van der Waals surface area contributed by atoms with E-state index in [0.717, 1.165) is 32.4 Å². The molecule has 2 heterocycles. The predicted octanol–water partition coefficient (Wildman–Crippen LogP) is 0.404. The van der Waals surface area contributed by atoms with Crippen molar-refractivity contribution in [2.45, 2.75) is 26.2 Å². The maximum atomic E-state index is 11.4. The van der Waals surface area contributed by atoms with Gasteiger partial charge in [-0.1, -0.05) is 6.92 Å². The molecule has 0 bridgehead atoms. The first-order valence-electron chi connectivity index (χ1n) is 7.22. The number of rotatable bonds is 6. The summed E-state index contributed by atoms with van der Waals surface area (Å²) in [5.74, 6) is 0.574. The van der Waals surface area contributed by atoms with Crippen molar-refractivity contribution in [2.75, 3.05) is 37.0 Å². The molecule has 0 saturated carbocycles. The lowest BCUT2D eigenvalue weighted by Crippen LogP contribution is -2.42. The highest BCUT2D eigenvalue weighted by atomic mass is 16.5. The van der Waals surface area contributed by atoms with Crippen LogP contribution in [0.25, 0.3) is 0 Å². The van der Waals surface area contributed by atoms with Crippen LogP contribution in [0.15, 0.2) is 0 Å². The van der Waals surface area contributed by atoms with Crippen LogP contribution in [0.3, 0.4) is 0 Å². The molecule has 0 aliphatic carbocycles. The largest absolute Gasteiger partial charge is 0.467 e. The Labute approximate surface area is 124 Å². The van der Waals surface area contributed by atoms with Gasteiger partial charge < -0.3 is 20.7 Å². The van der Waals surface area contributed by atoms with Gasteiger partial charge in [0.15, 0.2) is 0 Å². The Kier molecular flexibility index (Phi) is 5.13. The molecular weight excluding hydrogens is 272 g/mol. The van der Waals surface area contributed by atoms with Crippen LogP contribution < -0.4 is 20.7 Å². The van der Waals surface area contributed by atoms with Crippen molar-refractivity contribution in [3.8, 4) is 6.01 Å². The van der Waals surface area contributed by atoms with E-state index < -0.39 is 0 Å². The van der Waals surface area contributed by atoms with Gasteiger partial charge in [0.1, 0.15) is 0 Å². The smallest absolute Gasteiger partial charge is 0.322 e. The Bertz CT molecular complexity index is 496. The zero-order valence-electron chi connectivity index (χ0n) is 12.5. The fraction of sp³-hybridized carbons (Fsp3) is 0.692. The second-order valence-electron chi connectivity index (χ2n) is 5.06. The number of anilines is 2. The Morgan fingerprint density at radius 1 is 1.48 bits per heavy atom. The summed E-state index contributed by atoms with van der Waals surface area (Å²) in [4.78, 5) is 26.2. The number of carbonyl (C=O) groups is 1.